The molecule has 1 atom stereocenters. The van der Waals surface area contributed by atoms with E-state index in [0.29, 0.717) is 26.2 Å². The van der Waals surface area contributed by atoms with E-state index in [-0.39, 0.29) is 5.91 Å². The van der Waals surface area contributed by atoms with Gasteiger partial charge in [-0.25, -0.2) is 0 Å². The second-order valence-corrected chi connectivity index (χ2v) is 3.00. The van der Waals surface area contributed by atoms with Crippen molar-refractivity contribution in [3.05, 3.63) is 12.7 Å². The molecule has 0 aromatic heterocycles. The summed E-state index contributed by atoms with van der Waals surface area (Å²) in [5.41, 5.74) is 5.51. The number of carbonyl (C=O) groups excluding carboxylic acids is 1. The van der Waals surface area contributed by atoms with Crippen molar-refractivity contribution in [2.75, 3.05) is 19.8 Å². The third kappa shape index (κ3) is 6.62. The van der Waals surface area contributed by atoms with Gasteiger partial charge in [-0.15, -0.1) is 6.58 Å². The van der Waals surface area contributed by atoms with Crippen LogP contribution in [0, 0.1) is 0 Å². The Morgan fingerprint density at radius 1 is 1.64 bits per heavy atom. The fraction of sp³-hybridized carbons (Fsp3) is 0.700. The third-order valence-corrected chi connectivity index (χ3v) is 1.79. The van der Waals surface area contributed by atoms with Crippen LogP contribution in [0.25, 0.3) is 0 Å². The minimum Gasteiger partial charge on any atom is -0.379 e. The summed E-state index contributed by atoms with van der Waals surface area (Å²) in [6.45, 7) is 7.15. The number of ether oxygens (including phenoxy) is 1. The van der Waals surface area contributed by atoms with Crippen molar-refractivity contribution in [1.82, 2.24) is 5.32 Å². The van der Waals surface area contributed by atoms with E-state index in [2.05, 4.69) is 11.9 Å². The maximum atomic E-state index is 11.2. The monoisotopic (exact) mass is 200 g/mol. The van der Waals surface area contributed by atoms with Crippen molar-refractivity contribution in [3.8, 4) is 0 Å². The van der Waals surface area contributed by atoms with Crippen LogP contribution in [0.3, 0.4) is 0 Å². The molecule has 0 aromatic carbocycles. The van der Waals surface area contributed by atoms with Gasteiger partial charge in [-0.1, -0.05) is 13.0 Å². The fourth-order valence-electron chi connectivity index (χ4n) is 0.832. The highest BCUT2D eigenvalue weighted by molar-refractivity contribution is 5.81. The predicted octanol–water partition coefficient (Wildman–Crippen LogP) is 0.433. The summed E-state index contributed by atoms with van der Waals surface area (Å²) >= 11 is 0. The quantitative estimate of drug-likeness (QED) is 0.441. The summed E-state index contributed by atoms with van der Waals surface area (Å²) in [6.07, 6.45) is 3.29. The van der Waals surface area contributed by atoms with Gasteiger partial charge in [0.25, 0.3) is 0 Å². The predicted molar refractivity (Wildman–Crippen MR) is 56.9 cm³/mol. The lowest BCUT2D eigenvalue weighted by Gasteiger charge is -2.09. The first-order valence-electron chi connectivity index (χ1n) is 4.94. The van der Waals surface area contributed by atoms with Crippen molar-refractivity contribution < 1.29 is 9.53 Å². The summed E-state index contributed by atoms with van der Waals surface area (Å²) < 4.78 is 5.21. The number of nitrogens with one attached hydrogen (secondary N) is 1. The van der Waals surface area contributed by atoms with Gasteiger partial charge < -0.3 is 15.8 Å². The van der Waals surface area contributed by atoms with Gasteiger partial charge in [0.15, 0.2) is 0 Å². The molecule has 0 aliphatic rings. The van der Waals surface area contributed by atoms with E-state index in [4.69, 9.17) is 10.5 Å². The molecule has 0 radical (unpaired) electrons. The zero-order chi connectivity index (χ0) is 10.8. The van der Waals surface area contributed by atoms with Crippen molar-refractivity contribution in [1.29, 1.82) is 0 Å². The van der Waals surface area contributed by atoms with Gasteiger partial charge in [-0.05, 0) is 12.8 Å². The lowest BCUT2D eigenvalue weighted by atomic mass is 10.2. The molecule has 0 saturated heterocycles. The molecule has 0 bridgehead atoms. The average molecular weight is 200 g/mol. The second-order valence-electron chi connectivity index (χ2n) is 3.00. The van der Waals surface area contributed by atoms with Crippen LogP contribution in [0.2, 0.25) is 0 Å². The summed E-state index contributed by atoms with van der Waals surface area (Å²) in [7, 11) is 0. The number of carbonyl (C=O) groups is 1. The molecular weight excluding hydrogens is 180 g/mol. The molecule has 4 heteroatoms. The Labute approximate surface area is 85.5 Å². The zero-order valence-electron chi connectivity index (χ0n) is 8.79. The average Bonchev–Trinajstić information content (AvgIpc) is 2.21. The van der Waals surface area contributed by atoms with E-state index in [9.17, 15) is 4.79 Å². The molecule has 82 valence electrons. The molecular formula is C10H20N2O2. The lowest BCUT2D eigenvalue weighted by molar-refractivity contribution is -0.122. The molecule has 0 aliphatic heterocycles. The highest BCUT2D eigenvalue weighted by atomic mass is 16.5. The summed E-state index contributed by atoms with van der Waals surface area (Å²) in [5.74, 6) is -0.111. The van der Waals surface area contributed by atoms with Gasteiger partial charge in [0, 0.05) is 6.54 Å². The van der Waals surface area contributed by atoms with Crippen LogP contribution in [-0.2, 0) is 9.53 Å². The number of hydrogen-bond donors (Lipinski definition) is 2. The van der Waals surface area contributed by atoms with E-state index in [1.807, 2.05) is 6.92 Å². The summed E-state index contributed by atoms with van der Waals surface area (Å²) in [6, 6.07) is -0.400. The molecule has 0 aliphatic carbocycles. The summed E-state index contributed by atoms with van der Waals surface area (Å²) in [4.78, 5) is 11.2. The van der Waals surface area contributed by atoms with E-state index < -0.39 is 6.04 Å². The Morgan fingerprint density at radius 3 is 2.93 bits per heavy atom. The Hall–Kier alpha value is -0.870. The van der Waals surface area contributed by atoms with Crippen LogP contribution in [0.15, 0.2) is 12.7 Å². The molecule has 3 N–H and O–H groups in total. The van der Waals surface area contributed by atoms with E-state index >= 15 is 0 Å². The first kappa shape index (κ1) is 13.1. The number of nitrogens with two attached hydrogens (primary N) is 1. The highest BCUT2D eigenvalue weighted by Gasteiger charge is 2.08. The SMILES string of the molecule is C=CCCOCCNC(=O)C(N)CC. The van der Waals surface area contributed by atoms with Gasteiger partial charge in [-0.3, -0.25) is 4.79 Å². The van der Waals surface area contributed by atoms with Gasteiger partial charge in [0.1, 0.15) is 0 Å². The van der Waals surface area contributed by atoms with Gasteiger partial charge >= 0.3 is 0 Å². The third-order valence-electron chi connectivity index (χ3n) is 1.79. The maximum Gasteiger partial charge on any atom is 0.236 e. The smallest absolute Gasteiger partial charge is 0.236 e. The Balaban J connectivity index is 3.27. The van der Waals surface area contributed by atoms with Crippen LogP contribution in [-0.4, -0.2) is 31.7 Å². The molecule has 0 fully saturated rings. The van der Waals surface area contributed by atoms with Gasteiger partial charge in [0.2, 0.25) is 5.91 Å². The summed E-state index contributed by atoms with van der Waals surface area (Å²) in [5, 5.41) is 2.70. The molecule has 1 unspecified atom stereocenters. The highest BCUT2D eigenvalue weighted by Crippen LogP contribution is 1.85. The molecule has 0 spiro atoms. The minimum atomic E-state index is -0.400. The van der Waals surface area contributed by atoms with E-state index in [1.54, 1.807) is 6.08 Å². The second kappa shape index (κ2) is 8.72. The Morgan fingerprint density at radius 2 is 2.36 bits per heavy atom. The minimum absolute atomic E-state index is 0.111. The van der Waals surface area contributed by atoms with E-state index in [1.165, 1.54) is 0 Å². The lowest BCUT2D eigenvalue weighted by Crippen LogP contribution is -2.41. The number of hydrogen-bond acceptors (Lipinski definition) is 3. The zero-order valence-corrected chi connectivity index (χ0v) is 8.79. The van der Waals surface area contributed by atoms with Crippen molar-refractivity contribution in [2.24, 2.45) is 5.73 Å². The van der Waals surface area contributed by atoms with Crippen molar-refractivity contribution >= 4 is 5.91 Å². The topological polar surface area (TPSA) is 64.3 Å². The Bertz CT molecular complexity index is 172. The molecule has 0 rings (SSSR count). The molecule has 0 saturated carbocycles. The molecule has 0 aromatic rings. The molecule has 14 heavy (non-hydrogen) atoms. The Kier molecular flexibility index (Phi) is 8.17. The number of rotatable bonds is 8. The van der Waals surface area contributed by atoms with E-state index in [0.717, 1.165) is 6.42 Å². The molecule has 1 amide bonds. The van der Waals surface area contributed by atoms with Gasteiger partial charge in [0.05, 0.1) is 19.3 Å². The standard InChI is InChI=1S/C10H20N2O2/c1-3-5-7-14-8-6-12-10(13)9(11)4-2/h3,9H,1,4-8,11H2,2H3,(H,12,13). The van der Waals surface area contributed by atoms with Gasteiger partial charge in [-0.2, -0.15) is 0 Å². The van der Waals surface area contributed by atoms with Crippen LogP contribution in [0.4, 0.5) is 0 Å². The molecule has 4 nitrogen and oxygen atoms in total. The molecule has 0 heterocycles. The van der Waals surface area contributed by atoms with Crippen molar-refractivity contribution in [2.45, 2.75) is 25.8 Å². The first-order chi connectivity index (χ1) is 6.72. The fourth-order valence-corrected chi connectivity index (χ4v) is 0.832. The maximum absolute atomic E-state index is 11.2. The first-order valence-corrected chi connectivity index (χ1v) is 4.94. The van der Waals surface area contributed by atoms with Crippen LogP contribution < -0.4 is 11.1 Å². The normalized spacial score (nSPS) is 12.1. The largest absolute Gasteiger partial charge is 0.379 e. The van der Waals surface area contributed by atoms with Crippen LogP contribution in [0.5, 0.6) is 0 Å². The van der Waals surface area contributed by atoms with Crippen molar-refractivity contribution in [3.63, 3.8) is 0 Å². The van der Waals surface area contributed by atoms with Crippen LogP contribution >= 0.6 is 0 Å². The number of amides is 1. The van der Waals surface area contributed by atoms with Crippen LogP contribution in [0.1, 0.15) is 19.8 Å².